The van der Waals surface area contributed by atoms with Crippen LogP contribution in [0.3, 0.4) is 0 Å². The van der Waals surface area contributed by atoms with Crippen LogP contribution in [0, 0.1) is 34.1 Å². The number of rotatable bonds is 1. The van der Waals surface area contributed by atoms with Gasteiger partial charge in [0.15, 0.2) is 0 Å². The van der Waals surface area contributed by atoms with E-state index in [1.54, 1.807) is 5.56 Å². The molecule has 0 saturated heterocycles. The molecule has 2 aromatic rings. The Morgan fingerprint density at radius 3 is 2.23 bits per heavy atom. The summed E-state index contributed by atoms with van der Waals surface area (Å²) < 4.78 is 0. The second kappa shape index (κ2) is 10.2. The molecule has 0 N–H and O–H groups in total. The Morgan fingerprint density at radius 2 is 1.48 bits per heavy atom. The summed E-state index contributed by atoms with van der Waals surface area (Å²) in [5.74, 6) is 2.37. The number of para-hydroxylation sites is 1. The van der Waals surface area contributed by atoms with Crippen molar-refractivity contribution in [2.45, 2.75) is 47.8 Å². The third-order valence-electron chi connectivity index (χ3n) is 6.99. The number of hydrogen-bond donors (Lipinski definition) is 0. The van der Waals surface area contributed by atoms with E-state index in [-0.39, 0.29) is 44.0 Å². The topological polar surface area (TPSA) is 14.1 Å². The third-order valence-corrected chi connectivity index (χ3v) is 8.48. The first-order chi connectivity index (χ1) is 13.3. The first kappa shape index (κ1) is 26.0. The summed E-state index contributed by atoms with van der Waals surface area (Å²) >= 11 is 2.12. The zero-order valence-electron chi connectivity index (χ0n) is 19.1. The van der Waals surface area contributed by atoms with E-state index >= 15 is 0 Å². The van der Waals surface area contributed by atoms with E-state index in [9.17, 15) is 0 Å². The molecule has 1 fully saturated rings. The van der Waals surface area contributed by atoms with Crippen LogP contribution >= 0.6 is 11.8 Å². The summed E-state index contributed by atoms with van der Waals surface area (Å²) in [6.07, 6.45) is 11.8. The normalized spacial score (nSPS) is 30.6. The van der Waals surface area contributed by atoms with Crippen LogP contribution in [-0.2, 0) is 28.1 Å². The first-order valence-corrected chi connectivity index (χ1v) is 11.1. The van der Waals surface area contributed by atoms with Crippen molar-refractivity contribution in [3.8, 4) is 0 Å². The minimum absolute atomic E-state index is 0. The van der Waals surface area contributed by atoms with Crippen LogP contribution in [0.25, 0.3) is 5.32 Å². The van der Waals surface area contributed by atoms with Crippen molar-refractivity contribution in [1.29, 1.82) is 0 Å². The summed E-state index contributed by atoms with van der Waals surface area (Å²) in [5, 5.41) is 5.75. The van der Waals surface area contributed by atoms with Crippen LogP contribution in [0.2, 0.25) is 0 Å². The molecule has 2 aliphatic carbocycles. The van der Waals surface area contributed by atoms with Gasteiger partial charge < -0.3 is 27.6 Å². The number of fused-ring (bicyclic) bond motifs is 6. The van der Waals surface area contributed by atoms with E-state index in [1.165, 1.54) is 34.6 Å². The molecule has 3 heteroatoms. The van der Waals surface area contributed by atoms with Gasteiger partial charge in [0.05, 0.1) is 0 Å². The van der Waals surface area contributed by atoms with Gasteiger partial charge in [0.2, 0.25) is 0 Å². The van der Waals surface area contributed by atoms with Crippen molar-refractivity contribution in [2.75, 3.05) is 0 Å². The standard InChI is InChI=1S/C25H24NS.3CH3.Ti/c1-15-13-14-16-7-6-11-20(24(16)26-15)23-18-9-3-2-8-17(18)22-19-10-4-5-12-21(19)27-25(22)23;;;;/h2-12,15,17-18,22-23,25H,13-14H2,1H3;3*1H3;/q4*-1;+4/t15?,17?,18-,22?,23?,25?;;;;/m1..../s1. The molecule has 2 aromatic carbocycles. The Morgan fingerprint density at radius 1 is 0.839 bits per heavy atom. The molecule has 6 rings (SSSR count). The van der Waals surface area contributed by atoms with Crippen LogP contribution in [0.1, 0.15) is 41.9 Å². The molecule has 6 atom stereocenters. The monoisotopic (exact) mass is 463 g/mol. The molecule has 0 spiro atoms. The molecule has 0 amide bonds. The van der Waals surface area contributed by atoms with Gasteiger partial charge in [-0.2, -0.15) is 0 Å². The van der Waals surface area contributed by atoms with Gasteiger partial charge >= 0.3 is 21.7 Å². The molecular weight excluding hydrogens is 430 g/mol. The fraction of sp³-hybridized carbons (Fsp3) is 0.321. The molecule has 1 nitrogen and oxygen atoms in total. The summed E-state index contributed by atoms with van der Waals surface area (Å²) in [5.41, 5.74) is 5.85. The first-order valence-electron chi connectivity index (χ1n) is 10.2. The van der Waals surface area contributed by atoms with Crippen molar-refractivity contribution >= 4 is 17.4 Å². The van der Waals surface area contributed by atoms with Gasteiger partial charge in [0.25, 0.3) is 0 Å². The maximum Gasteiger partial charge on any atom is 4.00 e. The Bertz CT molecular complexity index is 965. The molecule has 0 aromatic heterocycles. The van der Waals surface area contributed by atoms with Gasteiger partial charge in [0.1, 0.15) is 0 Å². The number of aryl methyl sites for hydroxylation is 1. The molecule has 1 saturated carbocycles. The van der Waals surface area contributed by atoms with Gasteiger partial charge in [-0.15, -0.1) is 23.5 Å². The largest absolute Gasteiger partial charge is 4.00 e. The number of benzene rings is 2. The van der Waals surface area contributed by atoms with Gasteiger partial charge in [-0.3, -0.25) is 0 Å². The van der Waals surface area contributed by atoms with E-state index < -0.39 is 0 Å². The molecule has 160 valence electrons. The maximum atomic E-state index is 5.14. The van der Waals surface area contributed by atoms with Crippen molar-refractivity contribution in [3.05, 3.63) is 111 Å². The molecule has 0 radical (unpaired) electrons. The molecule has 2 heterocycles. The zero-order valence-corrected chi connectivity index (χ0v) is 21.5. The van der Waals surface area contributed by atoms with E-state index in [1.807, 2.05) is 0 Å². The molecule has 5 unspecified atom stereocenters. The molecular formula is C28H33NSTi. The van der Waals surface area contributed by atoms with Crippen molar-refractivity contribution < 1.29 is 21.7 Å². The SMILES string of the molecule is CC1CCc2cccc(C3C4Sc5ccccc5C4C4C=CC=C[C@H]43)c2[N-]1.[CH3-].[CH3-].[CH3-].[Ti+4]. The second-order valence-corrected chi connectivity index (χ2v) is 9.69. The minimum atomic E-state index is 0. The minimum Gasteiger partial charge on any atom is -0.681 e. The summed E-state index contributed by atoms with van der Waals surface area (Å²) in [6.45, 7) is 2.27. The number of allylic oxidation sites excluding steroid dienone is 4. The van der Waals surface area contributed by atoms with E-state index in [2.05, 4.69) is 85.5 Å². The van der Waals surface area contributed by atoms with Gasteiger partial charge in [-0.05, 0) is 29.9 Å². The fourth-order valence-corrected chi connectivity index (χ4v) is 7.57. The van der Waals surface area contributed by atoms with Gasteiger partial charge in [-0.1, -0.05) is 85.2 Å². The van der Waals surface area contributed by atoms with Crippen LogP contribution < -0.4 is 0 Å². The molecule has 2 aliphatic heterocycles. The van der Waals surface area contributed by atoms with E-state index in [0.717, 1.165) is 0 Å². The molecule has 4 aliphatic rings. The Kier molecular flexibility index (Phi) is 8.53. The Labute approximate surface area is 209 Å². The van der Waals surface area contributed by atoms with Crippen LogP contribution in [-0.4, -0.2) is 11.3 Å². The Balaban J connectivity index is 0.000000853. The third kappa shape index (κ3) is 4.01. The predicted molar refractivity (Wildman–Crippen MR) is 133 cm³/mol. The second-order valence-electron chi connectivity index (χ2n) is 8.47. The molecule has 31 heavy (non-hydrogen) atoms. The van der Waals surface area contributed by atoms with Crippen LogP contribution in [0.4, 0.5) is 5.69 Å². The van der Waals surface area contributed by atoms with Gasteiger partial charge in [-0.25, -0.2) is 0 Å². The maximum absolute atomic E-state index is 5.14. The summed E-state index contributed by atoms with van der Waals surface area (Å²) in [4.78, 5) is 1.49. The van der Waals surface area contributed by atoms with Crippen molar-refractivity contribution in [1.82, 2.24) is 0 Å². The summed E-state index contributed by atoms with van der Waals surface area (Å²) in [6, 6.07) is 16.5. The van der Waals surface area contributed by atoms with Crippen LogP contribution in [0.5, 0.6) is 0 Å². The Hall–Kier alpha value is -1.22. The number of thioether (sulfide) groups is 1. The van der Waals surface area contributed by atoms with Crippen LogP contribution in [0.15, 0.2) is 71.7 Å². The smallest absolute Gasteiger partial charge is 0.681 e. The number of hydrogen-bond acceptors (Lipinski definition) is 1. The van der Waals surface area contributed by atoms with Crippen molar-refractivity contribution in [3.63, 3.8) is 0 Å². The fourth-order valence-electron chi connectivity index (χ4n) is 5.83. The van der Waals surface area contributed by atoms with E-state index in [4.69, 9.17) is 5.32 Å². The average Bonchev–Trinajstić information content (AvgIpc) is 3.22. The summed E-state index contributed by atoms with van der Waals surface area (Å²) in [7, 11) is 0. The van der Waals surface area contributed by atoms with Crippen molar-refractivity contribution in [2.24, 2.45) is 11.8 Å². The quantitative estimate of drug-likeness (QED) is 0.308. The zero-order chi connectivity index (χ0) is 18.0. The number of nitrogens with zero attached hydrogens (tertiary/aromatic N) is 1. The predicted octanol–water partition coefficient (Wildman–Crippen LogP) is 8.09. The average molecular weight is 464 g/mol. The van der Waals surface area contributed by atoms with E-state index in [0.29, 0.717) is 35.0 Å². The molecule has 0 bridgehead atoms. The van der Waals surface area contributed by atoms with Gasteiger partial charge in [0, 0.05) is 22.0 Å².